The highest BCUT2D eigenvalue weighted by Crippen LogP contribution is 2.11. The van der Waals surface area contributed by atoms with Crippen LogP contribution < -0.4 is 10.9 Å². The fraction of sp³-hybridized carbons (Fsp3) is 0.286. The second-order valence-corrected chi connectivity index (χ2v) is 6.83. The minimum atomic E-state index is -0.537. The summed E-state index contributed by atoms with van der Waals surface area (Å²) in [5, 5.41) is 3.50. The van der Waals surface area contributed by atoms with Crippen molar-refractivity contribution in [2.24, 2.45) is 0 Å². The molecule has 4 rings (SSSR count). The van der Waals surface area contributed by atoms with Crippen molar-refractivity contribution in [2.75, 3.05) is 19.7 Å². The number of morpholine rings is 1. The van der Waals surface area contributed by atoms with Gasteiger partial charge in [0, 0.05) is 19.6 Å². The maximum atomic E-state index is 12.5. The third kappa shape index (κ3) is 4.27. The molecule has 1 aliphatic rings. The van der Waals surface area contributed by atoms with E-state index in [4.69, 9.17) is 4.74 Å². The maximum absolute atomic E-state index is 12.5. The largest absolute Gasteiger partial charge is 0.366 e. The molecule has 1 aromatic heterocycles. The van der Waals surface area contributed by atoms with Crippen molar-refractivity contribution in [3.63, 3.8) is 0 Å². The van der Waals surface area contributed by atoms with Crippen LogP contribution in [-0.2, 0) is 22.6 Å². The third-order valence-corrected chi connectivity index (χ3v) is 4.79. The molecule has 1 amide bonds. The number of rotatable bonds is 5. The van der Waals surface area contributed by atoms with E-state index in [2.05, 4.69) is 20.2 Å². The normalized spacial score (nSPS) is 17.5. The predicted molar refractivity (Wildman–Crippen MR) is 106 cm³/mol. The van der Waals surface area contributed by atoms with E-state index < -0.39 is 6.10 Å². The lowest BCUT2D eigenvalue weighted by molar-refractivity contribution is -0.139. The molecule has 1 unspecified atom stereocenters. The van der Waals surface area contributed by atoms with Gasteiger partial charge in [0.15, 0.2) is 0 Å². The van der Waals surface area contributed by atoms with Crippen LogP contribution in [0.3, 0.4) is 0 Å². The number of aromatic nitrogens is 2. The highest BCUT2D eigenvalue weighted by atomic mass is 16.5. The Morgan fingerprint density at radius 3 is 2.82 bits per heavy atom. The second kappa shape index (κ2) is 8.33. The number of H-pyrrole nitrogens is 1. The van der Waals surface area contributed by atoms with E-state index in [1.807, 2.05) is 48.5 Å². The summed E-state index contributed by atoms with van der Waals surface area (Å²) in [6, 6.07) is 17.0. The van der Waals surface area contributed by atoms with Gasteiger partial charge in [0.05, 0.1) is 24.1 Å². The number of fused-ring (bicyclic) bond motifs is 1. The monoisotopic (exact) mass is 378 g/mol. The Balaban J connectivity index is 1.38. The van der Waals surface area contributed by atoms with E-state index in [1.165, 1.54) is 0 Å². The summed E-state index contributed by atoms with van der Waals surface area (Å²) in [6.07, 6.45) is -0.537. The zero-order valence-corrected chi connectivity index (χ0v) is 15.4. The van der Waals surface area contributed by atoms with Crippen LogP contribution in [0.15, 0.2) is 59.4 Å². The number of carbonyl (C=O) groups is 1. The number of para-hydroxylation sites is 1. The zero-order valence-electron chi connectivity index (χ0n) is 15.4. The molecule has 0 bridgehead atoms. The van der Waals surface area contributed by atoms with Crippen LogP contribution in [0.2, 0.25) is 0 Å². The molecule has 1 saturated heterocycles. The molecule has 1 atom stereocenters. The van der Waals surface area contributed by atoms with Crippen LogP contribution in [0.25, 0.3) is 10.9 Å². The molecule has 1 aliphatic heterocycles. The van der Waals surface area contributed by atoms with Crippen molar-refractivity contribution in [1.82, 2.24) is 20.2 Å². The number of hydrogen-bond donors (Lipinski definition) is 2. The van der Waals surface area contributed by atoms with Gasteiger partial charge in [0.25, 0.3) is 11.5 Å². The highest BCUT2D eigenvalue weighted by Gasteiger charge is 2.27. The molecule has 2 heterocycles. The predicted octanol–water partition coefficient (Wildman–Crippen LogP) is 1.44. The Morgan fingerprint density at radius 2 is 1.96 bits per heavy atom. The first-order valence-corrected chi connectivity index (χ1v) is 9.32. The number of amides is 1. The van der Waals surface area contributed by atoms with Gasteiger partial charge in [-0.25, -0.2) is 4.98 Å². The summed E-state index contributed by atoms with van der Waals surface area (Å²) in [6.45, 7) is 2.53. The Morgan fingerprint density at radius 1 is 1.18 bits per heavy atom. The van der Waals surface area contributed by atoms with E-state index in [-0.39, 0.29) is 11.5 Å². The van der Waals surface area contributed by atoms with Gasteiger partial charge in [0.1, 0.15) is 11.9 Å². The van der Waals surface area contributed by atoms with Gasteiger partial charge in [-0.2, -0.15) is 0 Å². The van der Waals surface area contributed by atoms with E-state index in [0.717, 1.165) is 5.56 Å². The molecule has 0 aliphatic carbocycles. The van der Waals surface area contributed by atoms with Crippen molar-refractivity contribution in [2.45, 2.75) is 19.2 Å². The van der Waals surface area contributed by atoms with Crippen LogP contribution in [0, 0.1) is 0 Å². The average Bonchev–Trinajstić information content (AvgIpc) is 2.73. The molecule has 3 aromatic rings. The number of carbonyl (C=O) groups excluding carboxylic acids is 1. The summed E-state index contributed by atoms with van der Waals surface area (Å²) in [5.74, 6) is 0.461. The third-order valence-electron chi connectivity index (χ3n) is 4.79. The smallest absolute Gasteiger partial charge is 0.258 e. The van der Waals surface area contributed by atoms with Gasteiger partial charge in [-0.05, 0) is 17.7 Å². The molecule has 0 spiro atoms. The Labute approximate surface area is 162 Å². The molecule has 28 heavy (non-hydrogen) atoms. The summed E-state index contributed by atoms with van der Waals surface area (Å²) in [7, 11) is 0. The van der Waals surface area contributed by atoms with E-state index >= 15 is 0 Å². The first-order chi connectivity index (χ1) is 13.7. The fourth-order valence-corrected chi connectivity index (χ4v) is 3.33. The van der Waals surface area contributed by atoms with E-state index in [0.29, 0.717) is 49.5 Å². The molecular formula is C21H22N4O3. The van der Waals surface area contributed by atoms with Crippen molar-refractivity contribution < 1.29 is 9.53 Å². The van der Waals surface area contributed by atoms with Gasteiger partial charge in [-0.15, -0.1) is 0 Å². The first kappa shape index (κ1) is 18.3. The molecule has 7 nitrogen and oxygen atoms in total. The number of nitrogens with one attached hydrogen (secondary N) is 2. The Bertz CT molecular complexity index is 1020. The Hall–Kier alpha value is -3.03. The quantitative estimate of drug-likeness (QED) is 0.702. The molecule has 0 radical (unpaired) electrons. The lowest BCUT2D eigenvalue weighted by Crippen LogP contribution is -2.49. The Kier molecular flexibility index (Phi) is 5.45. The fourth-order valence-electron chi connectivity index (χ4n) is 3.33. The van der Waals surface area contributed by atoms with Crippen LogP contribution in [0.5, 0.6) is 0 Å². The summed E-state index contributed by atoms with van der Waals surface area (Å²) in [5.41, 5.74) is 1.57. The minimum Gasteiger partial charge on any atom is -0.366 e. The molecule has 2 aromatic carbocycles. The van der Waals surface area contributed by atoms with Crippen molar-refractivity contribution in [1.29, 1.82) is 0 Å². The molecule has 2 N–H and O–H groups in total. The SMILES string of the molecule is O=C(NCc1ccccc1)C1CN(Cc2nc3ccccc3c(=O)[nH]2)CCO1. The van der Waals surface area contributed by atoms with Crippen molar-refractivity contribution in [3.8, 4) is 0 Å². The van der Waals surface area contributed by atoms with Gasteiger partial charge in [-0.3, -0.25) is 14.5 Å². The minimum absolute atomic E-state index is 0.131. The zero-order chi connectivity index (χ0) is 19.3. The van der Waals surface area contributed by atoms with Crippen LogP contribution in [0.1, 0.15) is 11.4 Å². The van der Waals surface area contributed by atoms with E-state index in [9.17, 15) is 9.59 Å². The second-order valence-electron chi connectivity index (χ2n) is 6.83. The van der Waals surface area contributed by atoms with Gasteiger partial charge in [-0.1, -0.05) is 42.5 Å². The number of ether oxygens (including phenoxy) is 1. The highest BCUT2D eigenvalue weighted by molar-refractivity contribution is 5.81. The van der Waals surface area contributed by atoms with Crippen LogP contribution in [-0.4, -0.2) is 46.6 Å². The van der Waals surface area contributed by atoms with Gasteiger partial charge < -0.3 is 15.0 Å². The number of aromatic amines is 1. The van der Waals surface area contributed by atoms with E-state index in [1.54, 1.807) is 6.07 Å². The molecule has 7 heteroatoms. The molecule has 144 valence electrons. The molecule has 0 saturated carbocycles. The lowest BCUT2D eigenvalue weighted by Gasteiger charge is -2.31. The number of benzene rings is 2. The average molecular weight is 378 g/mol. The lowest BCUT2D eigenvalue weighted by atomic mass is 10.2. The standard InChI is InChI=1S/C21H22N4O3/c26-20-16-8-4-5-9-17(16)23-19(24-20)14-25-10-11-28-18(13-25)21(27)22-12-15-6-2-1-3-7-15/h1-9,18H,10-14H2,(H,22,27)(H,23,24,26). The summed E-state index contributed by atoms with van der Waals surface area (Å²) >= 11 is 0. The van der Waals surface area contributed by atoms with Gasteiger partial charge in [0.2, 0.25) is 0 Å². The summed E-state index contributed by atoms with van der Waals surface area (Å²) < 4.78 is 5.64. The van der Waals surface area contributed by atoms with Gasteiger partial charge >= 0.3 is 0 Å². The number of nitrogens with zero attached hydrogens (tertiary/aromatic N) is 2. The summed E-state index contributed by atoms with van der Waals surface area (Å²) in [4.78, 5) is 34.1. The van der Waals surface area contributed by atoms with Crippen molar-refractivity contribution in [3.05, 3.63) is 76.3 Å². The maximum Gasteiger partial charge on any atom is 0.258 e. The number of hydrogen-bond acceptors (Lipinski definition) is 5. The molecular weight excluding hydrogens is 356 g/mol. The van der Waals surface area contributed by atoms with Crippen molar-refractivity contribution >= 4 is 16.8 Å². The molecule has 1 fully saturated rings. The first-order valence-electron chi connectivity index (χ1n) is 9.32. The van der Waals surface area contributed by atoms with Crippen LogP contribution in [0.4, 0.5) is 0 Å². The topological polar surface area (TPSA) is 87.3 Å². The van der Waals surface area contributed by atoms with Crippen LogP contribution >= 0.6 is 0 Å².